The first kappa shape index (κ1) is 13.9. The molecule has 0 saturated heterocycles. The van der Waals surface area contributed by atoms with Gasteiger partial charge in [0.1, 0.15) is 12.4 Å². The van der Waals surface area contributed by atoms with Crippen molar-refractivity contribution in [2.75, 3.05) is 5.32 Å². The highest BCUT2D eigenvalue weighted by atomic mass is 16.5. The van der Waals surface area contributed by atoms with Crippen LogP contribution in [0, 0.1) is 0 Å². The quantitative estimate of drug-likeness (QED) is 0.770. The van der Waals surface area contributed by atoms with Crippen LogP contribution < -0.4 is 10.1 Å². The van der Waals surface area contributed by atoms with Crippen molar-refractivity contribution in [2.45, 2.75) is 6.61 Å². The number of benzene rings is 2. The lowest BCUT2D eigenvalue weighted by molar-refractivity contribution is 0.0996. The van der Waals surface area contributed by atoms with Gasteiger partial charge in [0.2, 0.25) is 0 Å². The fourth-order valence-electron chi connectivity index (χ4n) is 1.98. The number of nitrogens with one attached hydrogen (secondary N) is 1. The molecule has 0 atom stereocenters. The Morgan fingerprint density at radius 2 is 1.73 bits per heavy atom. The van der Waals surface area contributed by atoms with Crippen LogP contribution in [0.2, 0.25) is 0 Å². The van der Waals surface area contributed by atoms with Gasteiger partial charge in [0, 0.05) is 5.69 Å². The molecule has 0 aliphatic heterocycles. The van der Waals surface area contributed by atoms with Crippen LogP contribution >= 0.6 is 0 Å². The minimum atomic E-state index is -0.275. The standard InChI is InChI=1S/C18H15NO3/c20-18(17-7-4-12-21-17)19-15-8-10-16(11-9-15)22-13-14-5-2-1-3-6-14/h1-12H,13H2,(H,19,20). The number of amides is 1. The predicted molar refractivity (Wildman–Crippen MR) is 83.9 cm³/mol. The molecule has 0 aliphatic rings. The molecule has 0 saturated carbocycles. The second-order valence-electron chi connectivity index (χ2n) is 4.73. The van der Waals surface area contributed by atoms with Crippen LogP contribution in [0.15, 0.2) is 77.4 Å². The van der Waals surface area contributed by atoms with E-state index in [-0.39, 0.29) is 11.7 Å². The van der Waals surface area contributed by atoms with Gasteiger partial charge in [-0.25, -0.2) is 0 Å². The van der Waals surface area contributed by atoms with Gasteiger partial charge in [0.25, 0.3) is 5.91 Å². The molecule has 4 heteroatoms. The van der Waals surface area contributed by atoms with Crippen molar-refractivity contribution in [1.29, 1.82) is 0 Å². The SMILES string of the molecule is O=C(Nc1ccc(OCc2ccccc2)cc1)c1ccco1. The number of ether oxygens (including phenoxy) is 1. The van der Waals surface area contributed by atoms with Gasteiger partial charge in [0.15, 0.2) is 5.76 Å². The van der Waals surface area contributed by atoms with Crippen LogP contribution in [0.5, 0.6) is 5.75 Å². The summed E-state index contributed by atoms with van der Waals surface area (Å²) < 4.78 is 10.7. The molecule has 1 amide bonds. The molecule has 0 aliphatic carbocycles. The zero-order valence-electron chi connectivity index (χ0n) is 11.9. The third-order valence-electron chi connectivity index (χ3n) is 3.11. The normalized spacial score (nSPS) is 10.2. The van der Waals surface area contributed by atoms with E-state index in [1.165, 1.54) is 6.26 Å². The van der Waals surface area contributed by atoms with Gasteiger partial charge < -0.3 is 14.5 Å². The Hall–Kier alpha value is -3.01. The molecular formula is C18H15NO3. The summed E-state index contributed by atoms with van der Waals surface area (Å²) in [6.45, 7) is 0.513. The van der Waals surface area contributed by atoms with Crippen LogP contribution in [0.1, 0.15) is 16.1 Å². The number of anilines is 1. The van der Waals surface area contributed by atoms with Crippen LogP contribution in [0.4, 0.5) is 5.69 Å². The lowest BCUT2D eigenvalue weighted by Gasteiger charge is -2.08. The van der Waals surface area contributed by atoms with Gasteiger partial charge in [-0.3, -0.25) is 4.79 Å². The Kier molecular flexibility index (Phi) is 4.20. The minimum Gasteiger partial charge on any atom is -0.489 e. The third-order valence-corrected chi connectivity index (χ3v) is 3.11. The van der Waals surface area contributed by atoms with Crippen molar-refractivity contribution in [3.8, 4) is 5.75 Å². The van der Waals surface area contributed by atoms with Gasteiger partial charge in [-0.15, -0.1) is 0 Å². The number of hydrogen-bond acceptors (Lipinski definition) is 3. The molecule has 4 nitrogen and oxygen atoms in total. The van der Waals surface area contributed by atoms with Gasteiger partial charge in [-0.05, 0) is 42.0 Å². The van der Waals surface area contributed by atoms with E-state index in [0.717, 1.165) is 11.3 Å². The molecule has 0 fully saturated rings. The second-order valence-corrected chi connectivity index (χ2v) is 4.73. The Labute approximate surface area is 128 Å². The lowest BCUT2D eigenvalue weighted by atomic mass is 10.2. The zero-order chi connectivity index (χ0) is 15.2. The Morgan fingerprint density at radius 3 is 2.41 bits per heavy atom. The highest BCUT2D eigenvalue weighted by molar-refractivity contribution is 6.02. The third kappa shape index (κ3) is 3.55. The highest BCUT2D eigenvalue weighted by Crippen LogP contribution is 2.18. The van der Waals surface area contributed by atoms with Crippen molar-refractivity contribution >= 4 is 11.6 Å². The van der Waals surface area contributed by atoms with E-state index >= 15 is 0 Å². The van der Waals surface area contributed by atoms with E-state index in [4.69, 9.17) is 9.15 Å². The Balaban J connectivity index is 1.57. The molecule has 0 spiro atoms. The summed E-state index contributed by atoms with van der Waals surface area (Å²) in [6.07, 6.45) is 1.47. The largest absolute Gasteiger partial charge is 0.489 e. The fraction of sp³-hybridized carbons (Fsp3) is 0.0556. The number of furan rings is 1. The summed E-state index contributed by atoms with van der Waals surface area (Å²) in [5.74, 6) is 0.757. The van der Waals surface area contributed by atoms with Crippen LogP contribution in [-0.4, -0.2) is 5.91 Å². The average molecular weight is 293 g/mol. The fourth-order valence-corrected chi connectivity index (χ4v) is 1.98. The van der Waals surface area contributed by atoms with Crippen molar-refractivity contribution in [3.63, 3.8) is 0 Å². The molecule has 22 heavy (non-hydrogen) atoms. The second kappa shape index (κ2) is 6.63. The van der Waals surface area contributed by atoms with Crippen molar-refractivity contribution < 1.29 is 13.9 Å². The molecule has 1 aromatic heterocycles. The minimum absolute atomic E-state index is 0.275. The molecule has 0 bridgehead atoms. The average Bonchev–Trinajstić information content (AvgIpc) is 3.10. The van der Waals surface area contributed by atoms with Crippen LogP contribution in [0.3, 0.4) is 0 Å². The summed E-state index contributed by atoms with van der Waals surface area (Å²) >= 11 is 0. The first-order chi connectivity index (χ1) is 10.8. The summed E-state index contributed by atoms with van der Waals surface area (Å²) in [5.41, 5.74) is 1.80. The van der Waals surface area contributed by atoms with Gasteiger partial charge in [0.05, 0.1) is 6.26 Å². The number of carbonyl (C=O) groups excluding carboxylic acids is 1. The van der Waals surface area contributed by atoms with Crippen molar-refractivity contribution in [3.05, 3.63) is 84.3 Å². The maximum atomic E-state index is 11.8. The number of rotatable bonds is 5. The van der Waals surface area contributed by atoms with Gasteiger partial charge >= 0.3 is 0 Å². The van der Waals surface area contributed by atoms with Gasteiger partial charge in [-0.2, -0.15) is 0 Å². The van der Waals surface area contributed by atoms with Crippen molar-refractivity contribution in [2.24, 2.45) is 0 Å². The summed E-state index contributed by atoms with van der Waals surface area (Å²) in [4.78, 5) is 11.8. The van der Waals surface area contributed by atoms with Crippen LogP contribution in [0.25, 0.3) is 0 Å². The van der Waals surface area contributed by atoms with E-state index in [1.807, 2.05) is 42.5 Å². The molecule has 110 valence electrons. The van der Waals surface area contributed by atoms with Gasteiger partial charge in [-0.1, -0.05) is 30.3 Å². The van der Waals surface area contributed by atoms with Crippen molar-refractivity contribution in [1.82, 2.24) is 0 Å². The van der Waals surface area contributed by atoms with E-state index in [1.54, 1.807) is 24.3 Å². The summed E-state index contributed by atoms with van der Waals surface area (Å²) in [6, 6.07) is 20.5. The Morgan fingerprint density at radius 1 is 0.955 bits per heavy atom. The van der Waals surface area contributed by atoms with E-state index in [0.29, 0.717) is 12.3 Å². The smallest absolute Gasteiger partial charge is 0.291 e. The molecule has 0 unspecified atom stereocenters. The first-order valence-corrected chi connectivity index (χ1v) is 6.93. The molecular weight excluding hydrogens is 278 g/mol. The summed E-state index contributed by atoms with van der Waals surface area (Å²) in [7, 11) is 0. The Bertz CT molecular complexity index is 719. The van der Waals surface area contributed by atoms with Crippen LogP contribution in [-0.2, 0) is 6.61 Å². The molecule has 0 radical (unpaired) electrons. The maximum Gasteiger partial charge on any atom is 0.291 e. The lowest BCUT2D eigenvalue weighted by Crippen LogP contribution is -2.10. The molecule has 2 aromatic carbocycles. The number of hydrogen-bond donors (Lipinski definition) is 1. The molecule has 3 aromatic rings. The number of carbonyl (C=O) groups is 1. The van der Waals surface area contributed by atoms with E-state index < -0.39 is 0 Å². The summed E-state index contributed by atoms with van der Waals surface area (Å²) in [5, 5.41) is 2.76. The topological polar surface area (TPSA) is 51.5 Å². The monoisotopic (exact) mass is 293 g/mol. The maximum absolute atomic E-state index is 11.8. The predicted octanol–water partition coefficient (Wildman–Crippen LogP) is 4.11. The molecule has 1 N–H and O–H groups in total. The zero-order valence-corrected chi connectivity index (χ0v) is 11.9. The molecule has 3 rings (SSSR count). The van der Waals surface area contributed by atoms with E-state index in [2.05, 4.69) is 5.32 Å². The first-order valence-electron chi connectivity index (χ1n) is 6.93. The highest BCUT2D eigenvalue weighted by Gasteiger charge is 2.08. The molecule has 1 heterocycles. The van der Waals surface area contributed by atoms with E-state index in [9.17, 15) is 4.79 Å².